The number of hydrogen-bond donors (Lipinski definition) is 2. The molecular formula is C8H9BrN4. The van der Waals surface area contributed by atoms with E-state index >= 15 is 0 Å². The van der Waals surface area contributed by atoms with Crippen molar-refractivity contribution in [3.63, 3.8) is 0 Å². The van der Waals surface area contributed by atoms with E-state index in [4.69, 9.17) is 0 Å². The van der Waals surface area contributed by atoms with Crippen LogP contribution in [0.15, 0.2) is 16.7 Å². The number of aromatic nitrogens is 3. The SMILES string of the molecule is CNCc1nc2ncc(Br)cc2[nH]1. The van der Waals surface area contributed by atoms with Crippen molar-refractivity contribution in [1.29, 1.82) is 0 Å². The van der Waals surface area contributed by atoms with Gasteiger partial charge in [-0.2, -0.15) is 0 Å². The molecule has 2 N–H and O–H groups in total. The number of halogens is 1. The maximum absolute atomic E-state index is 4.29. The molecule has 0 atom stereocenters. The normalized spacial score (nSPS) is 10.9. The molecule has 4 nitrogen and oxygen atoms in total. The van der Waals surface area contributed by atoms with E-state index in [1.165, 1.54) is 0 Å². The van der Waals surface area contributed by atoms with Crippen molar-refractivity contribution in [1.82, 2.24) is 20.3 Å². The van der Waals surface area contributed by atoms with Crippen molar-refractivity contribution in [2.24, 2.45) is 0 Å². The van der Waals surface area contributed by atoms with Crippen LogP contribution in [0.3, 0.4) is 0 Å². The molecule has 0 aliphatic heterocycles. The van der Waals surface area contributed by atoms with Crippen molar-refractivity contribution in [3.8, 4) is 0 Å². The molecule has 2 aromatic heterocycles. The maximum atomic E-state index is 4.29. The van der Waals surface area contributed by atoms with Gasteiger partial charge in [-0.1, -0.05) is 0 Å². The molecule has 0 amide bonds. The Kier molecular flexibility index (Phi) is 2.28. The Morgan fingerprint density at radius 3 is 3.23 bits per heavy atom. The second-order valence-electron chi connectivity index (χ2n) is 2.74. The van der Waals surface area contributed by atoms with Crippen LogP contribution in [-0.4, -0.2) is 22.0 Å². The van der Waals surface area contributed by atoms with Crippen molar-refractivity contribution in [3.05, 3.63) is 22.6 Å². The molecule has 0 bridgehead atoms. The van der Waals surface area contributed by atoms with E-state index in [1.54, 1.807) is 6.20 Å². The van der Waals surface area contributed by atoms with Crippen LogP contribution < -0.4 is 5.32 Å². The molecule has 68 valence electrons. The van der Waals surface area contributed by atoms with Crippen molar-refractivity contribution >= 4 is 27.1 Å². The Hall–Kier alpha value is -0.940. The molecule has 0 spiro atoms. The number of hydrogen-bond acceptors (Lipinski definition) is 3. The summed E-state index contributed by atoms with van der Waals surface area (Å²) >= 11 is 3.35. The second-order valence-corrected chi connectivity index (χ2v) is 3.65. The van der Waals surface area contributed by atoms with Gasteiger partial charge in [0.15, 0.2) is 5.65 Å². The van der Waals surface area contributed by atoms with E-state index < -0.39 is 0 Å². The van der Waals surface area contributed by atoms with Crippen LogP contribution in [0.1, 0.15) is 5.82 Å². The topological polar surface area (TPSA) is 53.6 Å². The number of H-pyrrole nitrogens is 1. The number of nitrogens with zero attached hydrogens (tertiary/aromatic N) is 2. The highest BCUT2D eigenvalue weighted by Gasteiger charge is 2.02. The molecular weight excluding hydrogens is 232 g/mol. The smallest absolute Gasteiger partial charge is 0.177 e. The minimum absolute atomic E-state index is 0.730. The van der Waals surface area contributed by atoms with Crippen molar-refractivity contribution in [2.75, 3.05) is 7.05 Å². The summed E-state index contributed by atoms with van der Waals surface area (Å²) in [4.78, 5) is 11.6. The van der Waals surface area contributed by atoms with Crippen LogP contribution in [0.5, 0.6) is 0 Å². The third-order valence-corrected chi connectivity index (χ3v) is 2.13. The lowest BCUT2D eigenvalue weighted by atomic mass is 10.4. The van der Waals surface area contributed by atoms with Gasteiger partial charge in [-0.3, -0.25) is 0 Å². The standard InChI is InChI=1S/C8H9BrN4/c1-10-4-7-12-6-2-5(9)3-11-8(6)13-7/h2-3,10H,4H2,1H3,(H,11,12,13). The van der Waals surface area contributed by atoms with E-state index in [-0.39, 0.29) is 0 Å². The van der Waals surface area contributed by atoms with Crippen molar-refractivity contribution in [2.45, 2.75) is 6.54 Å². The fourth-order valence-corrected chi connectivity index (χ4v) is 1.51. The zero-order valence-electron chi connectivity index (χ0n) is 7.13. The first-order valence-electron chi connectivity index (χ1n) is 3.94. The molecule has 0 aliphatic rings. The molecule has 0 fully saturated rings. The summed E-state index contributed by atoms with van der Waals surface area (Å²) in [5, 5.41) is 3.03. The van der Waals surface area contributed by atoms with Gasteiger partial charge in [-0.15, -0.1) is 0 Å². The summed E-state index contributed by atoms with van der Waals surface area (Å²) in [5.41, 5.74) is 1.72. The third kappa shape index (κ3) is 1.71. The van der Waals surface area contributed by atoms with Gasteiger partial charge in [0.25, 0.3) is 0 Å². The maximum Gasteiger partial charge on any atom is 0.177 e. The first-order valence-corrected chi connectivity index (χ1v) is 4.73. The van der Waals surface area contributed by atoms with Crippen LogP contribution in [-0.2, 0) is 6.54 Å². The molecule has 0 saturated heterocycles. The summed E-state index contributed by atoms with van der Waals surface area (Å²) in [6.45, 7) is 0.730. The predicted octanol–water partition coefficient (Wildman–Crippen LogP) is 1.44. The Labute approximate surface area is 83.9 Å². The summed E-state index contributed by atoms with van der Waals surface area (Å²) in [6, 6.07) is 1.97. The minimum Gasteiger partial charge on any atom is -0.339 e. The average molecular weight is 241 g/mol. The molecule has 13 heavy (non-hydrogen) atoms. The van der Waals surface area contributed by atoms with E-state index in [0.717, 1.165) is 28.0 Å². The van der Waals surface area contributed by atoms with E-state index in [2.05, 4.69) is 36.2 Å². The fourth-order valence-electron chi connectivity index (χ4n) is 1.18. The molecule has 0 radical (unpaired) electrons. The predicted molar refractivity (Wildman–Crippen MR) is 54.4 cm³/mol. The van der Waals surface area contributed by atoms with Gasteiger partial charge in [-0.05, 0) is 29.0 Å². The Bertz CT molecular complexity index is 423. The van der Waals surface area contributed by atoms with Gasteiger partial charge in [-0.25, -0.2) is 9.97 Å². The number of pyridine rings is 1. The lowest BCUT2D eigenvalue weighted by Crippen LogP contribution is -2.06. The Balaban J connectivity index is 2.49. The summed E-state index contributed by atoms with van der Waals surface area (Å²) in [6.07, 6.45) is 1.74. The van der Waals surface area contributed by atoms with Crippen LogP contribution in [0.4, 0.5) is 0 Å². The highest BCUT2D eigenvalue weighted by Crippen LogP contribution is 2.14. The molecule has 2 heterocycles. The monoisotopic (exact) mass is 240 g/mol. The molecule has 5 heteroatoms. The summed E-state index contributed by atoms with van der Waals surface area (Å²) in [7, 11) is 1.89. The van der Waals surface area contributed by atoms with Gasteiger partial charge >= 0.3 is 0 Å². The van der Waals surface area contributed by atoms with E-state index in [9.17, 15) is 0 Å². The number of imidazole rings is 1. The number of fused-ring (bicyclic) bond motifs is 1. The molecule has 2 aromatic rings. The van der Waals surface area contributed by atoms with Crippen LogP contribution in [0.25, 0.3) is 11.2 Å². The molecule has 2 rings (SSSR count). The zero-order chi connectivity index (χ0) is 9.26. The number of aromatic amines is 1. The first kappa shape index (κ1) is 8.65. The fraction of sp³-hybridized carbons (Fsp3) is 0.250. The average Bonchev–Trinajstić information content (AvgIpc) is 2.46. The van der Waals surface area contributed by atoms with Gasteiger partial charge in [0.2, 0.25) is 0 Å². The zero-order valence-corrected chi connectivity index (χ0v) is 8.72. The van der Waals surface area contributed by atoms with Gasteiger partial charge in [0.05, 0.1) is 12.1 Å². The van der Waals surface area contributed by atoms with Crippen LogP contribution in [0.2, 0.25) is 0 Å². The van der Waals surface area contributed by atoms with Gasteiger partial charge in [0, 0.05) is 10.7 Å². The summed E-state index contributed by atoms with van der Waals surface area (Å²) in [5.74, 6) is 0.906. The Morgan fingerprint density at radius 1 is 1.62 bits per heavy atom. The molecule has 0 aromatic carbocycles. The van der Waals surface area contributed by atoms with E-state index in [0.29, 0.717) is 0 Å². The largest absolute Gasteiger partial charge is 0.339 e. The molecule has 0 aliphatic carbocycles. The van der Waals surface area contributed by atoms with Gasteiger partial charge < -0.3 is 10.3 Å². The highest BCUT2D eigenvalue weighted by atomic mass is 79.9. The lowest BCUT2D eigenvalue weighted by Gasteiger charge is -1.89. The number of rotatable bonds is 2. The Morgan fingerprint density at radius 2 is 2.46 bits per heavy atom. The molecule has 0 unspecified atom stereocenters. The van der Waals surface area contributed by atoms with Crippen LogP contribution >= 0.6 is 15.9 Å². The van der Waals surface area contributed by atoms with Gasteiger partial charge in [0.1, 0.15) is 5.82 Å². The second kappa shape index (κ2) is 3.43. The number of nitrogens with one attached hydrogen (secondary N) is 2. The first-order chi connectivity index (χ1) is 6.29. The minimum atomic E-state index is 0.730. The quantitative estimate of drug-likeness (QED) is 0.836. The van der Waals surface area contributed by atoms with E-state index in [1.807, 2.05) is 13.1 Å². The lowest BCUT2D eigenvalue weighted by molar-refractivity contribution is 0.774. The van der Waals surface area contributed by atoms with Crippen LogP contribution in [0, 0.1) is 0 Å². The highest BCUT2D eigenvalue weighted by molar-refractivity contribution is 9.10. The third-order valence-electron chi connectivity index (χ3n) is 1.70. The molecule has 0 saturated carbocycles. The van der Waals surface area contributed by atoms with Crippen molar-refractivity contribution < 1.29 is 0 Å². The summed E-state index contributed by atoms with van der Waals surface area (Å²) < 4.78 is 0.958.